The van der Waals surface area contributed by atoms with Crippen LogP contribution in [0.3, 0.4) is 0 Å². The van der Waals surface area contributed by atoms with Crippen LogP contribution in [0.15, 0.2) is 54.6 Å². The van der Waals surface area contributed by atoms with Crippen molar-refractivity contribution in [3.05, 3.63) is 70.9 Å². The van der Waals surface area contributed by atoms with Gasteiger partial charge in [-0.15, -0.1) is 0 Å². The second-order valence-corrected chi connectivity index (χ2v) is 5.65. The summed E-state index contributed by atoms with van der Waals surface area (Å²) in [6.07, 6.45) is -4.47. The average molecular weight is 375 g/mol. The largest absolute Gasteiger partial charge is 0.416 e. The van der Waals surface area contributed by atoms with Crippen LogP contribution < -0.4 is 5.32 Å². The van der Waals surface area contributed by atoms with E-state index in [0.29, 0.717) is 11.3 Å². The van der Waals surface area contributed by atoms with Gasteiger partial charge in [0.15, 0.2) is 5.82 Å². The summed E-state index contributed by atoms with van der Waals surface area (Å²) in [7, 11) is 0. The molecule has 3 aromatic rings. The molecule has 0 radical (unpaired) electrons. The predicted molar refractivity (Wildman–Crippen MR) is 91.9 cm³/mol. The van der Waals surface area contributed by atoms with Crippen LogP contribution in [-0.2, 0) is 6.18 Å². The standard InChI is InChI=1S/C18H10ClF3N4/c19-15-9-16(24-14-7-2-1-4-12(14)10-23)26-17(25-15)11-5-3-6-13(8-11)18(20,21)22/h1-9H,(H,24,25,26). The molecule has 130 valence electrons. The Labute approximate surface area is 151 Å². The molecule has 1 heterocycles. The second-order valence-electron chi connectivity index (χ2n) is 5.26. The minimum absolute atomic E-state index is 0.0422. The van der Waals surface area contributed by atoms with Gasteiger partial charge >= 0.3 is 6.18 Å². The van der Waals surface area contributed by atoms with Crippen molar-refractivity contribution in [2.75, 3.05) is 5.32 Å². The Hall–Kier alpha value is -3.11. The summed E-state index contributed by atoms with van der Waals surface area (Å²) < 4.78 is 38.7. The van der Waals surface area contributed by atoms with Crippen molar-refractivity contribution < 1.29 is 13.2 Å². The molecule has 0 bridgehead atoms. The Morgan fingerprint density at radius 3 is 2.50 bits per heavy atom. The summed E-state index contributed by atoms with van der Waals surface area (Å²) in [5.74, 6) is 0.306. The number of nitrogens with one attached hydrogen (secondary N) is 1. The van der Waals surface area contributed by atoms with E-state index < -0.39 is 11.7 Å². The van der Waals surface area contributed by atoms with Crippen LogP contribution in [-0.4, -0.2) is 9.97 Å². The molecule has 0 aliphatic carbocycles. The van der Waals surface area contributed by atoms with E-state index in [2.05, 4.69) is 15.3 Å². The van der Waals surface area contributed by atoms with E-state index in [1.54, 1.807) is 24.3 Å². The molecule has 0 aliphatic rings. The molecule has 0 saturated heterocycles. The Bertz CT molecular complexity index is 996. The second kappa shape index (κ2) is 7.02. The van der Waals surface area contributed by atoms with Crippen molar-refractivity contribution in [1.29, 1.82) is 5.26 Å². The zero-order valence-electron chi connectivity index (χ0n) is 13.0. The number of nitriles is 1. The molecule has 3 rings (SSSR count). The molecular formula is C18H10ClF3N4. The van der Waals surface area contributed by atoms with Crippen molar-refractivity contribution in [1.82, 2.24) is 9.97 Å². The first kappa shape index (κ1) is 17.7. The molecule has 0 amide bonds. The first-order valence-corrected chi connectivity index (χ1v) is 7.73. The Kier molecular flexibility index (Phi) is 4.78. The molecule has 8 heteroatoms. The average Bonchev–Trinajstić information content (AvgIpc) is 2.61. The quantitative estimate of drug-likeness (QED) is 0.621. The van der Waals surface area contributed by atoms with Crippen molar-refractivity contribution in [2.45, 2.75) is 6.18 Å². The molecule has 26 heavy (non-hydrogen) atoms. The molecular weight excluding hydrogens is 365 g/mol. The summed E-state index contributed by atoms with van der Waals surface area (Å²) in [5, 5.41) is 12.1. The van der Waals surface area contributed by atoms with Crippen LogP contribution in [0.5, 0.6) is 0 Å². The first-order chi connectivity index (χ1) is 12.4. The smallest absolute Gasteiger partial charge is 0.339 e. The normalized spacial score (nSPS) is 11.0. The van der Waals surface area contributed by atoms with Gasteiger partial charge in [-0.2, -0.15) is 18.4 Å². The number of halogens is 4. The van der Waals surface area contributed by atoms with Crippen molar-refractivity contribution in [3.8, 4) is 17.5 Å². The lowest BCUT2D eigenvalue weighted by molar-refractivity contribution is -0.137. The molecule has 1 aromatic heterocycles. The SMILES string of the molecule is N#Cc1ccccc1Nc1cc(Cl)nc(-c2cccc(C(F)(F)F)c2)n1. The number of anilines is 2. The summed E-state index contributed by atoms with van der Waals surface area (Å²) in [4.78, 5) is 8.21. The maximum atomic E-state index is 12.9. The minimum atomic E-state index is -4.47. The highest BCUT2D eigenvalue weighted by Gasteiger charge is 2.30. The third-order valence-corrected chi connectivity index (χ3v) is 3.65. The topological polar surface area (TPSA) is 61.6 Å². The van der Waals surface area contributed by atoms with Gasteiger partial charge in [0, 0.05) is 11.6 Å². The number of hydrogen-bond donors (Lipinski definition) is 1. The first-order valence-electron chi connectivity index (χ1n) is 7.35. The Balaban J connectivity index is 2.00. The van der Waals surface area contributed by atoms with Crippen LogP contribution in [0.4, 0.5) is 24.7 Å². The van der Waals surface area contributed by atoms with Gasteiger partial charge in [-0.05, 0) is 24.3 Å². The van der Waals surface area contributed by atoms with E-state index in [9.17, 15) is 13.2 Å². The van der Waals surface area contributed by atoms with Gasteiger partial charge in [0.05, 0.1) is 16.8 Å². The number of aromatic nitrogens is 2. The van der Waals surface area contributed by atoms with Crippen LogP contribution in [0, 0.1) is 11.3 Å². The Morgan fingerprint density at radius 2 is 1.77 bits per heavy atom. The fraction of sp³-hybridized carbons (Fsp3) is 0.0556. The van der Waals surface area contributed by atoms with E-state index in [1.807, 2.05) is 6.07 Å². The fourth-order valence-electron chi connectivity index (χ4n) is 2.27. The van der Waals surface area contributed by atoms with Crippen molar-refractivity contribution >= 4 is 23.1 Å². The lowest BCUT2D eigenvalue weighted by Gasteiger charge is -2.11. The van der Waals surface area contributed by atoms with Gasteiger partial charge in [-0.25, -0.2) is 9.97 Å². The minimum Gasteiger partial charge on any atom is -0.339 e. The number of alkyl halides is 3. The van der Waals surface area contributed by atoms with Crippen LogP contribution in [0.2, 0.25) is 5.15 Å². The van der Waals surface area contributed by atoms with Crippen LogP contribution in [0.1, 0.15) is 11.1 Å². The highest BCUT2D eigenvalue weighted by atomic mass is 35.5. The van der Waals surface area contributed by atoms with E-state index in [0.717, 1.165) is 12.1 Å². The van der Waals surface area contributed by atoms with Gasteiger partial charge in [-0.3, -0.25) is 0 Å². The van der Waals surface area contributed by atoms with E-state index in [-0.39, 0.29) is 22.4 Å². The molecule has 0 spiro atoms. The molecule has 1 N–H and O–H groups in total. The van der Waals surface area contributed by atoms with Crippen molar-refractivity contribution in [3.63, 3.8) is 0 Å². The number of nitrogens with zero attached hydrogens (tertiary/aromatic N) is 3. The molecule has 4 nitrogen and oxygen atoms in total. The van der Waals surface area contributed by atoms with E-state index >= 15 is 0 Å². The molecule has 0 atom stereocenters. The number of para-hydroxylation sites is 1. The number of benzene rings is 2. The lowest BCUT2D eigenvalue weighted by atomic mass is 10.1. The van der Waals surface area contributed by atoms with Crippen molar-refractivity contribution in [2.24, 2.45) is 0 Å². The Morgan fingerprint density at radius 1 is 1.00 bits per heavy atom. The fourth-order valence-corrected chi connectivity index (χ4v) is 2.46. The molecule has 0 saturated carbocycles. The van der Waals surface area contributed by atoms with Gasteiger partial charge in [0.2, 0.25) is 0 Å². The molecule has 0 unspecified atom stereocenters. The third-order valence-electron chi connectivity index (χ3n) is 3.45. The molecule has 0 fully saturated rings. The van der Waals surface area contributed by atoms with Gasteiger partial charge in [0.1, 0.15) is 17.0 Å². The van der Waals surface area contributed by atoms with Gasteiger partial charge in [0.25, 0.3) is 0 Å². The maximum Gasteiger partial charge on any atom is 0.416 e. The predicted octanol–water partition coefficient (Wildman–Crippen LogP) is 5.43. The lowest BCUT2D eigenvalue weighted by Crippen LogP contribution is -2.05. The third kappa shape index (κ3) is 3.92. The number of hydrogen-bond acceptors (Lipinski definition) is 4. The van der Waals surface area contributed by atoms with Gasteiger partial charge in [-0.1, -0.05) is 35.9 Å². The van der Waals surface area contributed by atoms with E-state index in [1.165, 1.54) is 18.2 Å². The number of rotatable bonds is 3. The molecule has 0 aliphatic heterocycles. The summed E-state index contributed by atoms with van der Waals surface area (Å²) in [5.41, 5.74) is 0.268. The monoisotopic (exact) mass is 374 g/mol. The zero-order valence-corrected chi connectivity index (χ0v) is 13.8. The summed E-state index contributed by atoms with van der Waals surface area (Å²) in [6, 6.07) is 14.9. The zero-order chi connectivity index (χ0) is 18.7. The maximum absolute atomic E-state index is 12.9. The summed E-state index contributed by atoms with van der Waals surface area (Å²) >= 11 is 5.99. The molecule has 2 aromatic carbocycles. The summed E-state index contributed by atoms with van der Waals surface area (Å²) in [6.45, 7) is 0. The highest BCUT2D eigenvalue weighted by molar-refractivity contribution is 6.29. The van der Waals surface area contributed by atoms with Crippen LogP contribution >= 0.6 is 11.6 Å². The highest BCUT2D eigenvalue weighted by Crippen LogP contribution is 2.32. The van der Waals surface area contributed by atoms with Crippen LogP contribution in [0.25, 0.3) is 11.4 Å². The van der Waals surface area contributed by atoms with E-state index in [4.69, 9.17) is 16.9 Å². The van der Waals surface area contributed by atoms with Gasteiger partial charge < -0.3 is 5.32 Å².